The molecule has 2 heteroatoms. The Hall–Kier alpha value is -1.70. The Morgan fingerprint density at radius 2 is 1.07 bits per heavy atom. The van der Waals surface area contributed by atoms with Crippen LogP contribution in [-0.4, -0.2) is 8.41 Å². The van der Waals surface area contributed by atoms with Gasteiger partial charge in [-0.25, -0.2) is 0 Å². The molecule has 14 heavy (non-hydrogen) atoms. The molecule has 2 aromatic carbocycles. The zero-order chi connectivity index (χ0) is 8.67. The summed E-state index contributed by atoms with van der Waals surface area (Å²) in [5.41, 5.74) is 1.92. The SMILES string of the molecule is B.c1ccc2c(c1)oc1ccccc12. The predicted molar refractivity (Wildman–Crippen MR) is 63.7 cm³/mol. The molecule has 3 rings (SSSR count). The molecule has 68 valence electrons. The van der Waals surface area contributed by atoms with E-state index >= 15 is 0 Å². The van der Waals surface area contributed by atoms with E-state index in [0.29, 0.717) is 0 Å². The standard InChI is InChI=1S/C12H8O.BH3/c1-3-7-11-9(5-1)10-6-2-4-8-12(10)13-11;/h1-8H;1H3. The van der Waals surface area contributed by atoms with Crippen LogP contribution in [0.1, 0.15) is 0 Å². The Bertz CT molecular complexity index is 518. The molecule has 0 saturated carbocycles. The minimum atomic E-state index is 0. The summed E-state index contributed by atoms with van der Waals surface area (Å²) in [7, 11) is 0. The lowest BCUT2D eigenvalue weighted by Crippen LogP contribution is -1.62. The Balaban J connectivity index is 0.000000750. The molecular formula is C12H11BO. The highest BCUT2D eigenvalue weighted by Gasteiger charge is 2.02. The van der Waals surface area contributed by atoms with Gasteiger partial charge in [-0.15, -0.1) is 0 Å². The van der Waals surface area contributed by atoms with Crippen molar-refractivity contribution in [3.05, 3.63) is 48.5 Å². The summed E-state index contributed by atoms with van der Waals surface area (Å²) in [6, 6.07) is 16.2. The maximum atomic E-state index is 5.65. The van der Waals surface area contributed by atoms with Gasteiger partial charge < -0.3 is 4.42 Å². The van der Waals surface area contributed by atoms with E-state index < -0.39 is 0 Å². The van der Waals surface area contributed by atoms with E-state index in [2.05, 4.69) is 12.1 Å². The van der Waals surface area contributed by atoms with Crippen LogP contribution in [0.5, 0.6) is 0 Å². The average Bonchev–Trinajstić information content (AvgIpc) is 2.56. The summed E-state index contributed by atoms with van der Waals surface area (Å²) in [5, 5.41) is 2.39. The third-order valence-electron chi connectivity index (χ3n) is 2.28. The van der Waals surface area contributed by atoms with Crippen LogP contribution in [-0.2, 0) is 0 Å². The fourth-order valence-electron chi connectivity index (χ4n) is 1.67. The minimum Gasteiger partial charge on any atom is -0.456 e. The Morgan fingerprint density at radius 3 is 1.57 bits per heavy atom. The van der Waals surface area contributed by atoms with Gasteiger partial charge >= 0.3 is 0 Å². The highest BCUT2D eigenvalue weighted by atomic mass is 16.3. The predicted octanol–water partition coefficient (Wildman–Crippen LogP) is 2.40. The minimum absolute atomic E-state index is 0. The van der Waals surface area contributed by atoms with Crippen molar-refractivity contribution in [2.75, 3.05) is 0 Å². The van der Waals surface area contributed by atoms with Crippen molar-refractivity contribution in [3.8, 4) is 0 Å². The molecule has 0 aliphatic heterocycles. The van der Waals surface area contributed by atoms with Gasteiger partial charge in [0, 0.05) is 10.8 Å². The second-order valence-corrected chi connectivity index (χ2v) is 3.09. The van der Waals surface area contributed by atoms with E-state index in [0.717, 1.165) is 11.2 Å². The molecule has 1 nitrogen and oxygen atoms in total. The van der Waals surface area contributed by atoms with Crippen LogP contribution in [0.25, 0.3) is 21.9 Å². The lowest BCUT2D eigenvalue weighted by molar-refractivity contribution is 0.669. The van der Waals surface area contributed by atoms with Crippen molar-refractivity contribution in [3.63, 3.8) is 0 Å². The van der Waals surface area contributed by atoms with Crippen LogP contribution >= 0.6 is 0 Å². The summed E-state index contributed by atoms with van der Waals surface area (Å²) in [4.78, 5) is 0. The second-order valence-electron chi connectivity index (χ2n) is 3.09. The van der Waals surface area contributed by atoms with E-state index in [1.165, 1.54) is 10.8 Å². The average molecular weight is 182 g/mol. The molecule has 0 fully saturated rings. The number of rotatable bonds is 0. The van der Waals surface area contributed by atoms with Gasteiger partial charge in [-0.05, 0) is 12.1 Å². The number of furan rings is 1. The number of hydrogen-bond acceptors (Lipinski definition) is 1. The molecule has 0 saturated heterocycles. The normalized spacial score (nSPS) is 10.3. The van der Waals surface area contributed by atoms with Gasteiger partial charge in [-0.1, -0.05) is 36.4 Å². The van der Waals surface area contributed by atoms with Gasteiger partial charge in [0.1, 0.15) is 11.2 Å². The number of para-hydroxylation sites is 2. The van der Waals surface area contributed by atoms with E-state index in [4.69, 9.17) is 4.42 Å². The first-order valence-electron chi connectivity index (χ1n) is 4.31. The van der Waals surface area contributed by atoms with Gasteiger partial charge in [-0.3, -0.25) is 0 Å². The van der Waals surface area contributed by atoms with Crippen LogP contribution in [0, 0.1) is 0 Å². The Morgan fingerprint density at radius 1 is 0.643 bits per heavy atom. The molecule has 0 aliphatic rings. The summed E-state index contributed by atoms with van der Waals surface area (Å²) < 4.78 is 5.65. The lowest BCUT2D eigenvalue weighted by atomic mass is 10.2. The van der Waals surface area contributed by atoms with Crippen LogP contribution in [0.4, 0.5) is 0 Å². The molecule has 0 amide bonds. The number of benzene rings is 2. The lowest BCUT2D eigenvalue weighted by Gasteiger charge is -1.85. The fraction of sp³-hybridized carbons (Fsp3) is 0. The molecule has 0 atom stereocenters. The van der Waals surface area contributed by atoms with Gasteiger partial charge in [-0.2, -0.15) is 0 Å². The van der Waals surface area contributed by atoms with Crippen molar-refractivity contribution >= 4 is 30.4 Å². The summed E-state index contributed by atoms with van der Waals surface area (Å²) in [6.45, 7) is 0. The number of hydrogen-bond donors (Lipinski definition) is 0. The topological polar surface area (TPSA) is 13.1 Å². The summed E-state index contributed by atoms with van der Waals surface area (Å²) in [5.74, 6) is 0. The van der Waals surface area contributed by atoms with Gasteiger partial charge in [0.2, 0.25) is 0 Å². The first-order valence-corrected chi connectivity index (χ1v) is 4.31. The van der Waals surface area contributed by atoms with Gasteiger partial charge in [0.15, 0.2) is 0 Å². The first-order chi connectivity index (χ1) is 6.45. The molecule has 1 aromatic heterocycles. The van der Waals surface area contributed by atoms with Crippen molar-refractivity contribution in [2.24, 2.45) is 0 Å². The summed E-state index contributed by atoms with van der Waals surface area (Å²) in [6.07, 6.45) is 0. The number of fused-ring (bicyclic) bond motifs is 3. The van der Waals surface area contributed by atoms with Crippen LogP contribution in [0.15, 0.2) is 52.9 Å². The van der Waals surface area contributed by atoms with Crippen molar-refractivity contribution in [1.29, 1.82) is 0 Å². The molecule has 0 radical (unpaired) electrons. The molecule has 1 heterocycles. The molecule has 0 unspecified atom stereocenters. The third-order valence-corrected chi connectivity index (χ3v) is 2.28. The largest absolute Gasteiger partial charge is 0.456 e. The van der Waals surface area contributed by atoms with Gasteiger partial charge in [0.25, 0.3) is 0 Å². The van der Waals surface area contributed by atoms with E-state index in [9.17, 15) is 0 Å². The Labute approximate surface area is 83.9 Å². The van der Waals surface area contributed by atoms with E-state index in [-0.39, 0.29) is 8.41 Å². The molecule has 0 aliphatic carbocycles. The van der Waals surface area contributed by atoms with Crippen LogP contribution in [0.3, 0.4) is 0 Å². The molecule has 0 N–H and O–H groups in total. The highest BCUT2D eigenvalue weighted by Crippen LogP contribution is 2.27. The zero-order valence-electron chi connectivity index (χ0n) is 7.03. The molecule has 3 aromatic rings. The Kier molecular flexibility index (Phi) is 2.04. The fourth-order valence-corrected chi connectivity index (χ4v) is 1.67. The van der Waals surface area contributed by atoms with Crippen molar-refractivity contribution in [2.45, 2.75) is 0 Å². The maximum absolute atomic E-state index is 5.65. The monoisotopic (exact) mass is 182 g/mol. The highest BCUT2D eigenvalue weighted by molar-refractivity contribution is 6.04. The maximum Gasteiger partial charge on any atom is 0.135 e. The van der Waals surface area contributed by atoms with Crippen molar-refractivity contribution in [1.82, 2.24) is 0 Å². The first kappa shape index (κ1) is 8.88. The smallest absolute Gasteiger partial charge is 0.135 e. The molecule has 0 bridgehead atoms. The van der Waals surface area contributed by atoms with Crippen molar-refractivity contribution < 1.29 is 4.42 Å². The van der Waals surface area contributed by atoms with E-state index in [1.54, 1.807) is 0 Å². The summed E-state index contributed by atoms with van der Waals surface area (Å²) >= 11 is 0. The van der Waals surface area contributed by atoms with Gasteiger partial charge in [0.05, 0.1) is 8.41 Å². The van der Waals surface area contributed by atoms with E-state index in [1.807, 2.05) is 36.4 Å². The quantitative estimate of drug-likeness (QED) is 0.486. The molecular weight excluding hydrogens is 171 g/mol. The second kappa shape index (κ2) is 3.22. The van der Waals surface area contributed by atoms with Crippen LogP contribution in [0.2, 0.25) is 0 Å². The third kappa shape index (κ3) is 1.11. The zero-order valence-corrected chi connectivity index (χ0v) is 7.03. The molecule has 0 spiro atoms. The van der Waals surface area contributed by atoms with Crippen LogP contribution < -0.4 is 0 Å².